The first-order valence-corrected chi connectivity index (χ1v) is 25.1. The second-order valence-electron chi connectivity index (χ2n) is 18.7. The van der Waals surface area contributed by atoms with Gasteiger partial charge in [0.2, 0.25) is 12.3 Å². The van der Waals surface area contributed by atoms with Crippen LogP contribution in [0.15, 0.2) is 95.4 Å². The van der Waals surface area contributed by atoms with E-state index in [0.29, 0.717) is 43.2 Å². The number of piperidine rings is 1. The topological polar surface area (TPSA) is 238 Å². The number of hydrogen-bond acceptors (Lipinski definition) is 14. The Morgan fingerprint density at radius 1 is 0.811 bits per heavy atom. The van der Waals surface area contributed by atoms with E-state index in [1.165, 1.54) is 23.1 Å². The van der Waals surface area contributed by atoms with Gasteiger partial charge in [-0.1, -0.05) is 99.8 Å². The molecule has 3 atom stereocenters. The highest BCUT2D eigenvalue weighted by atomic mass is 16.7. The molecule has 5 rings (SSSR count). The summed E-state index contributed by atoms with van der Waals surface area (Å²) in [5.74, 6) is -5.15. The Kier molecular flexibility index (Phi) is 22.0. The second-order valence-corrected chi connectivity index (χ2v) is 18.7. The van der Waals surface area contributed by atoms with Crippen molar-refractivity contribution in [2.75, 3.05) is 26.4 Å². The molecule has 1 aromatic heterocycles. The summed E-state index contributed by atoms with van der Waals surface area (Å²) in [6, 6.07) is 23.3. The Balaban J connectivity index is 1.20. The Bertz CT molecular complexity index is 2500. The summed E-state index contributed by atoms with van der Waals surface area (Å²) in [5.41, 5.74) is 1.26. The first-order valence-electron chi connectivity index (χ1n) is 25.1. The number of rotatable bonds is 26. The van der Waals surface area contributed by atoms with Crippen molar-refractivity contribution < 1.29 is 66.6 Å². The lowest BCUT2D eigenvalue weighted by molar-refractivity contribution is -0.209. The number of hydroxylamine groups is 2. The van der Waals surface area contributed by atoms with Gasteiger partial charge in [0.15, 0.2) is 5.76 Å². The molecule has 4 aromatic rings. The normalized spacial score (nSPS) is 13.8. The number of amides is 5. The third kappa shape index (κ3) is 17.5. The van der Waals surface area contributed by atoms with Gasteiger partial charge in [-0.25, -0.2) is 14.4 Å². The van der Waals surface area contributed by atoms with E-state index in [2.05, 4.69) is 16.0 Å². The van der Waals surface area contributed by atoms with Crippen molar-refractivity contribution >= 4 is 48.1 Å². The molecular formula is C55H69N5O14. The predicted octanol–water partition coefficient (Wildman–Crippen LogP) is 7.66. The third-order valence-corrected chi connectivity index (χ3v) is 12.0. The maximum atomic E-state index is 13.8. The molecule has 0 aliphatic carbocycles. The van der Waals surface area contributed by atoms with E-state index in [0.717, 1.165) is 23.5 Å². The minimum absolute atomic E-state index is 0.0334. The summed E-state index contributed by atoms with van der Waals surface area (Å²) < 4.78 is 28.1. The fourth-order valence-corrected chi connectivity index (χ4v) is 8.13. The highest BCUT2D eigenvalue weighted by Gasteiger charge is 2.37. The molecule has 0 unspecified atom stereocenters. The molecule has 0 spiro atoms. The van der Waals surface area contributed by atoms with E-state index in [1.807, 2.05) is 19.1 Å². The van der Waals surface area contributed by atoms with Crippen LogP contribution in [0.3, 0.4) is 0 Å². The van der Waals surface area contributed by atoms with Crippen LogP contribution in [0.4, 0.5) is 4.79 Å². The highest BCUT2D eigenvalue weighted by Crippen LogP contribution is 2.30. The number of esters is 2. The Labute approximate surface area is 431 Å². The maximum Gasteiger partial charge on any atom is 0.410 e. The second kappa shape index (κ2) is 28.5. The zero-order valence-electron chi connectivity index (χ0n) is 43.1. The van der Waals surface area contributed by atoms with Gasteiger partial charge in [-0.15, -0.1) is 0 Å². The largest absolute Gasteiger partial charge is 0.493 e. The van der Waals surface area contributed by atoms with Crippen LogP contribution < -0.4 is 20.7 Å². The Hall–Kier alpha value is -7.70. The molecule has 0 bridgehead atoms. The van der Waals surface area contributed by atoms with Crippen LogP contribution in [0.1, 0.15) is 125 Å². The van der Waals surface area contributed by atoms with Crippen molar-refractivity contribution in [1.82, 2.24) is 25.9 Å². The highest BCUT2D eigenvalue weighted by molar-refractivity contribution is 6.00. The number of carbonyl (C=O) groups excluding carboxylic acids is 8. The fourth-order valence-electron chi connectivity index (χ4n) is 8.13. The van der Waals surface area contributed by atoms with Gasteiger partial charge < -0.3 is 49.1 Å². The number of nitrogens with zero attached hydrogens (tertiary/aromatic N) is 2. The van der Waals surface area contributed by atoms with E-state index in [-0.39, 0.29) is 68.8 Å². The number of hydrogen-bond donors (Lipinski definition) is 3. The van der Waals surface area contributed by atoms with E-state index in [4.69, 9.17) is 28.2 Å². The van der Waals surface area contributed by atoms with Crippen LogP contribution in [0.2, 0.25) is 0 Å². The van der Waals surface area contributed by atoms with Crippen LogP contribution in [0.25, 0.3) is 11.3 Å². The van der Waals surface area contributed by atoms with E-state index in [9.17, 15) is 38.4 Å². The van der Waals surface area contributed by atoms with Crippen LogP contribution in [-0.2, 0) is 56.2 Å². The van der Waals surface area contributed by atoms with Crippen LogP contribution >= 0.6 is 0 Å². The van der Waals surface area contributed by atoms with E-state index >= 15 is 0 Å². The van der Waals surface area contributed by atoms with Gasteiger partial charge in [-0.2, -0.15) is 5.06 Å². The lowest BCUT2D eigenvalue weighted by Gasteiger charge is -2.35. The number of carbonyl (C=O) groups is 8. The molecule has 1 aliphatic heterocycles. The summed E-state index contributed by atoms with van der Waals surface area (Å²) in [6.45, 7) is 11.1. The predicted molar refractivity (Wildman–Crippen MR) is 270 cm³/mol. The number of likely N-dealkylation sites (tertiary alicyclic amines) is 1. The SMILES string of the molecule is CCCCC[C@@H](C(=O)NCNC(=O)c1ccc(-c2ccc(C(=O)N[C@@H](CC(=O)OCc3ccccc3)C(=O)OCc3ccccc3)c(OCC)c2)o1)[C@@H](CC)N(C=O)OC(=O)C1CCN(C(=O)OC(C)(C)C)CC1. The van der Waals surface area contributed by atoms with Gasteiger partial charge >= 0.3 is 24.0 Å². The first-order chi connectivity index (χ1) is 35.5. The van der Waals surface area contributed by atoms with E-state index < -0.39 is 77.7 Å². The molecule has 3 aromatic carbocycles. The molecule has 0 saturated carbocycles. The molecule has 3 N–H and O–H groups in total. The van der Waals surface area contributed by atoms with Crippen molar-refractivity contribution in [1.29, 1.82) is 0 Å². The quantitative estimate of drug-likeness (QED) is 0.0137. The number of ether oxygens (including phenoxy) is 4. The molecule has 19 nitrogen and oxygen atoms in total. The van der Waals surface area contributed by atoms with Crippen molar-refractivity contribution in [3.63, 3.8) is 0 Å². The maximum absolute atomic E-state index is 13.8. The minimum Gasteiger partial charge on any atom is -0.493 e. The summed E-state index contributed by atoms with van der Waals surface area (Å²) in [4.78, 5) is 113. The van der Waals surface area contributed by atoms with Gasteiger partial charge in [0.05, 0.1) is 43.1 Å². The summed E-state index contributed by atoms with van der Waals surface area (Å²) in [5, 5.41) is 8.89. The van der Waals surface area contributed by atoms with Crippen LogP contribution in [0.5, 0.6) is 5.75 Å². The molecule has 1 saturated heterocycles. The molecule has 1 fully saturated rings. The molecule has 398 valence electrons. The molecule has 5 amide bonds. The van der Waals surface area contributed by atoms with Gasteiger partial charge in [0.25, 0.3) is 11.8 Å². The van der Waals surface area contributed by atoms with Crippen molar-refractivity contribution in [3.8, 4) is 17.1 Å². The molecule has 19 heteroatoms. The zero-order chi connectivity index (χ0) is 53.6. The molecule has 2 heterocycles. The van der Waals surface area contributed by atoms with Gasteiger partial charge in [0, 0.05) is 18.7 Å². The Morgan fingerprint density at radius 2 is 1.47 bits per heavy atom. The lowest BCUT2D eigenvalue weighted by atomic mass is 9.90. The van der Waals surface area contributed by atoms with Crippen molar-refractivity contribution in [2.24, 2.45) is 11.8 Å². The average molecular weight is 1020 g/mol. The molecular weight excluding hydrogens is 955 g/mol. The van der Waals surface area contributed by atoms with Crippen molar-refractivity contribution in [2.45, 2.75) is 124 Å². The summed E-state index contributed by atoms with van der Waals surface area (Å²) in [6.07, 6.45) is 3.05. The van der Waals surface area contributed by atoms with Crippen LogP contribution in [-0.4, -0.2) is 102 Å². The first kappa shape index (κ1) is 57.2. The fraction of sp³-hybridized carbons (Fsp3) is 0.455. The number of benzene rings is 3. The Morgan fingerprint density at radius 3 is 2.08 bits per heavy atom. The lowest BCUT2D eigenvalue weighted by Crippen LogP contribution is -2.50. The van der Waals surface area contributed by atoms with Crippen LogP contribution in [0, 0.1) is 11.8 Å². The van der Waals surface area contributed by atoms with Gasteiger partial charge in [0.1, 0.15) is 36.4 Å². The molecule has 1 aliphatic rings. The third-order valence-electron chi connectivity index (χ3n) is 12.0. The number of unbranched alkanes of at least 4 members (excludes halogenated alkanes) is 2. The summed E-state index contributed by atoms with van der Waals surface area (Å²) in [7, 11) is 0. The van der Waals surface area contributed by atoms with E-state index in [1.54, 1.807) is 95.3 Å². The minimum atomic E-state index is -1.41. The average Bonchev–Trinajstić information content (AvgIpc) is 3.90. The smallest absolute Gasteiger partial charge is 0.410 e. The van der Waals surface area contributed by atoms with Gasteiger partial charge in [-0.05, 0) is 88.8 Å². The van der Waals surface area contributed by atoms with Crippen molar-refractivity contribution in [3.05, 3.63) is 113 Å². The zero-order valence-corrected chi connectivity index (χ0v) is 43.1. The summed E-state index contributed by atoms with van der Waals surface area (Å²) >= 11 is 0. The monoisotopic (exact) mass is 1020 g/mol. The molecule has 74 heavy (non-hydrogen) atoms. The number of nitrogens with one attached hydrogen (secondary N) is 3. The molecule has 0 radical (unpaired) electrons. The van der Waals surface area contributed by atoms with Gasteiger partial charge in [-0.3, -0.25) is 24.0 Å². The standard InChI is InChI=1S/C55H69N5O14/c1-7-10-13-22-41(44(8-2)60(36-61)74-52(66)39-27-29-59(30-28-39)54(68)73-55(4,5)6)49(63)56-35-57-51(65)46-26-25-45(72-46)40-23-24-42(47(31-40)69-9-3)50(64)58-43(53(67)71-34-38-20-16-12-17-21-38)32-48(62)70-33-37-18-14-11-15-19-37/h11-12,14-21,23-26,31,36,39,41,43-44H,7-10,13,22,27-30,32-35H2,1-6H3,(H,56,63)(H,57,65)(H,58,64)/t41-,43+,44-/m1/s1. The number of furan rings is 1.